The highest BCUT2D eigenvalue weighted by atomic mass is 16.1. The first-order chi connectivity index (χ1) is 9.24. The second-order valence-electron chi connectivity index (χ2n) is 5.07. The number of nitrogens with zero attached hydrogens (tertiary/aromatic N) is 2. The van der Waals surface area contributed by atoms with E-state index in [0.29, 0.717) is 17.4 Å². The molecule has 1 aliphatic carbocycles. The maximum absolute atomic E-state index is 12.1. The fourth-order valence-corrected chi connectivity index (χ4v) is 2.70. The molecule has 0 bridgehead atoms. The Kier molecular flexibility index (Phi) is 4.71. The highest BCUT2D eigenvalue weighted by molar-refractivity contribution is 5.92. The van der Waals surface area contributed by atoms with E-state index in [1.807, 2.05) is 0 Å². The maximum Gasteiger partial charge on any atom is 0.271 e. The maximum atomic E-state index is 12.1. The van der Waals surface area contributed by atoms with Gasteiger partial charge in [0.15, 0.2) is 0 Å². The number of nitrogens with one attached hydrogen (secondary N) is 2. The van der Waals surface area contributed by atoms with Crippen LogP contribution >= 0.6 is 0 Å². The van der Waals surface area contributed by atoms with Crippen molar-refractivity contribution in [1.29, 1.82) is 0 Å². The Labute approximate surface area is 114 Å². The van der Waals surface area contributed by atoms with Crippen molar-refractivity contribution in [2.45, 2.75) is 45.1 Å². The molecule has 104 valence electrons. The summed E-state index contributed by atoms with van der Waals surface area (Å²) in [6.45, 7) is 2.19. The van der Waals surface area contributed by atoms with Crippen molar-refractivity contribution in [3.63, 3.8) is 0 Å². The third-order valence-electron chi connectivity index (χ3n) is 3.89. The van der Waals surface area contributed by atoms with Crippen LogP contribution in [0.25, 0.3) is 0 Å². The van der Waals surface area contributed by atoms with Gasteiger partial charge in [0.05, 0.1) is 12.4 Å². The molecular formula is C14H22N4O. The molecule has 1 fully saturated rings. The Morgan fingerprint density at radius 3 is 2.74 bits per heavy atom. The average molecular weight is 262 g/mol. The summed E-state index contributed by atoms with van der Waals surface area (Å²) in [4.78, 5) is 20.4. The summed E-state index contributed by atoms with van der Waals surface area (Å²) in [5, 5.41) is 6.00. The van der Waals surface area contributed by atoms with Gasteiger partial charge < -0.3 is 10.6 Å². The lowest BCUT2D eigenvalue weighted by atomic mass is 9.83. The van der Waals surface area contributed by atoms with E-state index in [1.54, 1.807) is 13.2 Å². The van der Waals surface area contributed by atoms with Crippen LogP contribution < -0.4 is 10.6 Å². The molecule has 19 heavy (non-hydrogen) atoms. The second-order valence-corrected chi connectivity index (χ2v) is 5.07. The number of carbonyl (C=O) groups is 1. The lowest BCUT2D eigenvalue weighted by Crippen LogP contribution is -2.42. The van der Waals surface area contributed by atoms with Gasteiger partial charge in [-0.15, -0.1) is 0 Å². The quantitative estimate of drug-likeness (QED) is 0.873. The van der Waals surface area contributed by atoms with Gasteiger partial charge in [-0.3, -0.25) is 4.79 Å². The van der Waals surface area contributed by atoms with Crippen LogP contribution in [-0.4, -0.2) is 29.0 Å². The zero-order valence-corrected chi connectivity index (χ0v) is 11.6. The predicted octanol–water partition coefficient (Wildman–Crippen LogP) is 2.22. The average Bonchev–Trinajstić information content (AvgIpc) is 2.48. The van der Waals surface area contributed by atoms with Crippen molar-refractivity contribution < 1.29 is 4.79 Å². The molecular weight excluding hydrogens is 240 g/mol. The summed E-state index contributed by atoms with van der Waals surface area (Å²) >= 11 is 0. The monoisotopic (exact) mass is 262 g/mol. The van der Waals surface area contributed by atoms with Gasteiger partial charge in [-0.05, 0) is 18.8 Å². The molecule has 0 saturated heterocycles. The third-order valence-corrected chi connectivity index (χ3v) is 3.89. The summed E-state index contributed by atoms with van der Waals surface area (Å²) < 4.78 is 0. The van der Waals surface area contributed by atoms with Crippen LogP contribution in [0.5, 0.6) is 0 Å². The van der Waals surface area contributed by atoms with Gasteiger partial charge in [-0.2, -0.15) is 0 Å². The topological polar surface area (TPSA) is 66.9 Å². The van der Waals surface area contributed by atoms with Crippen LogP contribution in [0.15, 0.2) is 12.4 Å². The molecule has 5 nitrogen and oxygen atoms in total. The highest BCUT2D eigenvalue weighted by Gasteiger charge is 2.25. The first-order valence-electron chi connectivity index (χ1n) is 7.05. The fraction of sp³-hybridized carbons (Fsp3) is 0.643. The third kappa shape index (κ3) is 3.43. The zero-order chi connectivity index (χ0) is 13.7. The molecule has 2 unspecified atom stereocenters. The van der Waals surface area contributed by atoms with E-state index < -0.39 is 0 Å². The van der Waals surface area contributed by atoms with Crippen molar-refractivity contribution in [2.24, 2.45) is 5.92 Å². The van der Waals surface area contributed by atoms with Crippen molar-refractivity contribution in [3.8, 4) is 0 Å². The standard InChI is InChI=1S/C14H22N4O/c1-3-10-6-4-5-7-11(10)18-14(19)12-8-17-13(15-2)9-16-12/h8-11H,3-7H2,1-2H3,(H,15,17)(H,18,19). The Hall–Kier alpha value is -1.65. The molecule has 0 aromatic carbocycles. The molecule has 2 N–H and O–H groups in total. The normalized spacial score (nSPS) is 22.8. The number of hydrogen-bond acceptors (Lipinski definition) is 4. The largest absolute Gasteiger partial charge is 0.372 e. The molecule has 2 atom stereocenters. The van der Waals surface area contributed by atoms with Crippen molar-refractivity contribution in [1.82, 2.24) is 15.3 Å². The number of anilines is 1. The van der Waals surface area contributed by atoms with Crippen LogP contribution in [0.4, 0.5) is 5.82 Å². The fourth-order valence-electron chi connectivity index (χ4n) is 2.70. The SMILES string of the molecule is CCC1CCCCC1NC(=O)c1cnc(NC)cn1. The molecule has 1 aromatic heterocycles. The van der Waals surface area contributed by atoms with Crippen LogP contribution in [0.2, 0.25) is 0 Å². The Bertz CT molecular complexity index is 418. The van der Waals surface area contributed by atoms with E-state index in [1.165, 1.54) is 25.5 Å². The summed E-state index contributed by atoms with van der Waals surface area (Å²) in [7, 11) is 1.78. The predicted molar refractivity (Wildman–Crippen MR) is 75.1 cm³/mol. The molecule has 1 saturated carbocycles. The molecule has 0 aliphatic heterocycles. The Morgan fingerprint density at radius 2 is 2.11 bits per heavy atom. The van der Waals surface area contributed by atoms with Gasteiger partial charge >= 0.3 is 0 Å². The van der Waals surface area contributed by atoms with Crippen LogP contribution in [0.3, 0.4) is 0 Å². The van der Waals surface area contributed by atoms with Gasteiger partial charge in [0.2, 0.25) is 0 Å². The number of carbonyl (C=O) groups excluding carboxylic acids is 1. The molecule has 1 aliphatic rings. The Balaban J connectivity index is 1.98. The smallest absolute Gasteiger partial charge is 0.271 e. The lowest BCUT2D eigenvalue weighted by Gasteiger charge is -2.31. The molecule has 1 heterocycles. The van der Waals surface area contributed by atoms with Crippen LogP contribution in [-0.2, 0) is 0 Å². The summed E-state index contributed by atoms with van der Waals surface area (Å²) in [5.74, 6) is 1.16. The number of amides is 1. The molecule has 0 spiro atoms. The van der Waals surface area contributed by atoms with Crippen molar-refractivity contribution >= 4 is 11.7 Å². The minimum absolute atomic E-state index is 0.111. The van der Waals surface area contributed by atoms with Gasteiger partial charge in [0.25, 0.3) is 5.91 Å². The zero-order valence-electron chi connectivity index (χ0n) is 11.6. The van der Waals surface area contributed by atoms with E-state index in [0.717, 1.165) is 12.8 Å². The van der Waals surface area contributed by atoms with E-state index >= 15 is 0 Å². The van der Waals surface area contributed by atoms with Crippen LogP contribution in [0.1, 0.15) is 49.5 Å². The first-order valence-corrected chi connectivity index (χ1v) is 7.05. The van der Waals surface area contributed by atoms with Gasteiger partial charge in [-0.25, -0.2) is 9.97 Å². The number of rotatable bonds is 4. The minimum Gasteiger partial charge on any atom is -0.372 e. The lowest BCUT2D eigenvalue weighted by molar-refractivity contribution is 0.0899. The van der Waals surface area contributed by atoms with Gasteiger partial charge in [0.1, 0.15) is 11.5 Å². The summed E-state index contributed by atoms with van der Waals surface area (Å²) in [6.07, 6.45) is 8.98. The van der Waals surface area contributed by atoms with Crippen molar-refractivity contribution in [3.05, 3.63) is 18.1 Å². The summed E-state index contributed by atoms with van der Waals surface area (Å²) in [5.41, 5.74) is 0.388. The summed E-state index contributed by atoms with van der Waals surface area (Å²) in [6, 6.07) is 0.289. The second kappa shape index (κ2) is 6.50. The first kappa shape index (κ1) is 13.8. The highest BCUT2D eigenvalue weighted by Crippen LogP contribution is 2.26. The van der Waals surface area contributed by atoms with Crippen LogP contribution in [0, 0.1) is 5.92 Å². The van der Waals surface area contributed by atoms with Gasteiger partial charge in [0, 0.05) is 13.1 Å². The molecule has 1 amide bonds. The minimum atomic E-state index is -0.111. The van der Waals surface area contributed by atoms with Crippen molar-refractivity contribution in [2.75, 3.05) is 12.4 Å². The molecule has 5 heteroatoms. The van der Waals surface area contributed by atoms with Gasteiger partial charge in [-0.1, -0.05) is 26.2 Å². The molecule has 2 rings (SSSR count). The van der Waals surface area contributed by atoms with E-state index in [2.05, 4.69) is 27.5 Å². The molecule has 0 radical (unpaired) electrons. The van der Waals surface area contributed by atoms with E-state index in [4.69, 9.17) is 0 Å². The van der Waals surface area contributed by atoms with E-state index in [9.17, 15) is 4.79 Å². The van der Waals surface area contributed by atoms with E-state index in [-0.39, 0.29) is 11.9 Å². The number of aromatic nitrogens is 2. The number of hydrogen-bond donors (Lipinski definition) is 2. The Morgan fingerprint density at radius 1 is 1.32 bits per heavy atom. The molecule has 1 aromatic rings.